The van der Waals surface area contributed by atoms with Gasteiger partial charge in [-0.3, -0.25) is 4.79 Å². The molecule has 0 radical (unpaired) electrons. The summed E-state index contributed by atoms with van der Waals surface area (Å²) in [5.41, 5.74) is 0. The van der Waals surface area contributed by atoms with Gasteiger partial charge in [0.25, 0.3) is 0 Å². The zero-order chi connectivity index (χ0) is 11.4. The number of nitrogens with one attached hydrogen (secondary N) is 1. The van der Waals surface area contributed by atoms with E-state index in [-0.39, 0.29) is 6.42 Å². The molecule has 0 aliphatic carbocycles. The summed E-state index contributed by atoms with van der Waals surface area (Å²) in [4.78, 5) is 10.2. The number of hydrogen-bond donors (Lipinski definition) is 2. The van der Waals surface area contributed by atoms with Crippen molar-refractivity contribution in [2.75, 3.05) is 24.6 Å². The molecule has 0 bridgehead atoms. The molecule has 0 heterocycles. The lowest BCUT2D eigenvalue weighted by molar-refractivity contribution is -0.137. The van der Waals surface area contributed by atoms with Crippen molar-refractivity contribution < 1.29 is 9.90 Å². The van der Waals surface area contributed by atoms with E-state index >= 15 is 0 Å². The molecule has 2 N–H and O–H groups in total. The van der Waals surface area contributed by atoms with Crippen LogP contribution in [0.3, 0.4) is 0 Å². The van der Waals surface area contributed by atoms with Gasteiger partial charge in [0, 0.05) is 18.7 Å². The predicted octanol–water partition coefficient (Wildman–Crippen LogP) is 1.59. The molecule has 0 aliphatic rings. The molecule has 0 saturated carbocycles. The van der Waals surface area contributed by atoms with Crippen molar-refractivity contribution in [3.63, 3.8) is 0 Å². The highest BCUT2D eigenvalue weighted by atomic mass is 32.2. The van der Waals surface area contributed by atoms with E-state index in [9.17, 15) is 4.79 Å². The van der Waals surface area contributed by atoms with Gasteiger partial charge < -0.3 is 10.4 Å². The van der Waals surface area contributed by atoms with Crippen LogP contribution in [-0.2, 0) is 4.79 Å². The first-order valence-corrected chi connectivity index (χ1v) is 6.36. The topological polar surface area (TPSA) is 49.3 Å². The molecular formula is C11H19NO2S. The Morgan fingerprint density at radius 3 is 2.80 bits per heavy atom. The Balaban J connectivity index is 2.93. The first-order valence-electron chi connectivity index (χ1n) is 5.21. The van der Waals surface area contributed by atoms with E-state index in [0.29, 0.717) is 0 Å². The van der Waals surface area contributed by atoms with Crippen molar-refractivity contribution in [1.29, 1.82) is 0 Å². The highest BCUT2D eigenvalue weighted by Crippen LogP contribution is 1.99. The summed E-state index contributed by atoms with van der Waals surface area (Å²) in [5.74, 6) is 3.70. The van der Waals surface area contributed by atoms with Crippen LogP contribution in [0.5, 0.6) is 0 Å². The summed E-state index contributed by atoms with van der Waals surface area (Å²) in [6.45, 7) is 1.95. The largest absolute Gasteiger partial charge is 0.481 e. The lowest BCUT2D eigenvalue weighted by atomic mass is 10.2. The van der Waals surface area contributed by atoms with Crippen molar-refractivity contribution in [3.05, 3.63) is 0 Å². The van der Waals surface area contributed by atoms with Gasteiger partial charge in [-0.25, -0.2) is 0 Å². The number of terminal acetylenes is 1. The molecule has 0 aliphatic heterocycles. The fourth-order valence-corrected chi connectivity index (χ4v) is 1.65. The van der Waals surface area contributed by atoms with Crippen LogP contribution in [0, 0.1) is 12.3 Å². The summed E-state index contributed by atoms with van der Waals surface area (Å²) >= 11 is 1.75. The average Bonchev–Trinajstić information content (AvgIpc) is 2.20. The maximum Gasteiger partial charge on any atom is 0.303 e. The van der Waals surface area contributed by atoms with Gasteiger partial charge in [-0.2, -0.15) is 0 Å². The minimum Gasteiger partial charge on any atom is -0.481 e. The minimum absolute atomic E-state index is 0.290. The number of hydrogen-bond acceptors (Lipinski definition) is 3. The van der Waals surface area contributed by atoms with Crippen molar-refractivity contribution >= 4 is 17.7 Å². The van der Waals surface area contributed by atoms with Crippen molar-refractivity contribution in [1.82, 2.24) is 5.32 Å². The van der Waals surface area contributed by atoms with Gasteiger partial charge >= 0.3 is 5.97 Å². The van der Waals surface area contributed by atoms with Gasteiger partial charge in [-0.15, -0.1) is 18.2 Å². The standard InChI is InChI=1S/C11H19NO2S/c1-2-9-15-10-8-12-7-5-3-4-6-11(13)14/h1,12H,3-10H2,(H,13,14). The second-order valence-corrected chi connectivity index (χ2v) is 4.32. The molecule has 4 heteroatoms. The molecule has 0 aromatic heterocycles. The summed E-state index contributed by atoms with van der Waals surface area (Å²) in [6, 6.07) is 0. The Hall–Kier alpha value is -0.660. The predicted molar refractivity (Wildman–Crippen MR) is 65.1 cm³/mol. The van der Waals surface area contributed by atoms with Crippen LogP contribution >= 0.6 is 11.8 Å². The molecule has 86 valence electrons. The van der Waals surface area contributed by atoms with Crippen LogP contribution in [0.25, 0.3) is 0 Å². The maximum atomic E-state index is 10.2. The molecule has 0 fully saturated rings. The van der Waals surface area contributed by atoms with Gasteiger partial charge in [-0.05, 0) is 19.4 Å². The molecule has 0 aromatic carbocycles. The van der Waals surface area contributed by atoms with Gasteiger partial charge in [0.15, 0.2) is 0 Å². The number of carboxylic acids is 1. The lowest BCUT2D eigenvalue weighted by Crippen LogP contribution is -2.18. The first kappa shape index (κ1) is 14.3. The van der Waals surface area contributed by atoms with Crippen LogP contribution in [0.15, 0.2) is 0 Å². The summed E-state index contributed by atoms with van der Waals surface area (Å²) in [6.07, 6.45) is 8.21. The second kappa shape index (κ2) is 11.4. The number of rotatable bonds is 10. The van der Waals surface area contributed by atoms with Crippen LogP contribution in [0.1, 0.15) is 25.7 Å². The fourth-order valence-electron chi connectivity index (χ4n) is 1.10. The van der Waals surface area contributed by atoms with E-state index in [0.717, 1.165) is 43.9 Å². The monoisotopic (exact) mass is 229 g/mol. The molecule has 0 unspecified atom stereocenters. The quantitative estimate of drug-likeness (QED) is 0.441. The average molecular weight is 229 g/mol. The molecule has 0 atom stereocenters. The molecule has 0 aromatic rings. The van der Waals surface area contributed by atoms with E-state index in [1.807, 2.05) is 0 Å². The molecule has 0 amide bonds. The van der Waals surface area contributed by atoms with Gasteiger partial charge in [0.2, 0.25) is 0 Å². The Morgan fingerprint density at radius 1 is 1.33 bits per heavy atom. The van der Waals surface area contributed by atoms with Gasteiger partial charge in [0.1, 0.15) is 0 Å². The third-order valence-electron chi connectivity index (χ3n) is 1.85. The van der Waals surface area contributed by atoms with Crippen molar-refractivity contribution in [3.8, 4) is 12.3 Å². The highest BCUT2D eigenvalue weighted by Gasteiger charge is 1.95. The van der Waals surface area contributed by atoms with E-state index < -0.39 is 5.97 Å². The van der Waals surface area contributed by atoms with Gasteiger partial charge in [-0.1, -0.05) is 12.3 Å². The first-order chi connectivity index (χ1) is 7.27. The molecule has 0 spiro atoms. The number of aliphatic carboxylic acids is 1. The van der Waals surface area contributed by atoms with Crippen molar-refractivity contribution in [2.45, 2.75) is 25.7 Å². The third-order valence-corrected chi connectivity index (χ3v) is 2.72. The van der Waals surface area contributed by atoms with Crippen LogP contribution in [0.2, 0.25) is 0 Å². The maximum absolute atomic E-state index is 10.2. The smallest absolute Gasteiger partial charge is 0.303 e. The van der Waals surface area contributed by atoms with Crippen LogP contribution in [-0.4, -0.2) is 35.7 Å². The van der Waals surface area contributed by atoms with Crippen LogP contribution < -0.4 is 5.32 Å². The lowest BCUT2D eigenvalue weighted by Gasteiger charge is -2.02. The third kappa shape index (κ3) is 13.3. The Kier molecular flexibility index (Phi) is 10.9. The number of unbranched alkanes of at least 4 members (excludes halogenated alkanes) is 2. The van der Waals surface area contributed by atoms with E-state index in [1.165, 1.54) is 0 Å². The zero-order valence-electron chi connectivity index (χ0n) is 9.00. The number of carbonyl (C=O) groups is 1. The Labute approximate surface area is 96.0 Å². The Morgan fingerprint density at radius 2 is 2.13 bits per heavy atom. The molecule has 0 saturated heterocycles. The fraction of sp³-hybridized carbons (Fsp3) is 0.727. The van der Waals surface area contributed by atoms with E-state index in [2.05, 4.69) is 11.2 Å². The summed E-state index contributed by atoms with van der Waals surface area (Å²) < 4.78 is 0. The molecular weight excluding hydrogens is 210 g/mol. The SMILES string of the molecule is C#CCSCCNCCCCCC(=O)O. The molecule has 0 rings (SSSR count). The second-order valence-electron chi connectivity index (χ2n) is 3.21. The van der Waals surface area contributed by atoms with Crippen molar-refractivity contribution in [2.24, 2.45) is 0 Å². The summed E-state index contributed by atoms with van der Waals surface area (Å²) in [7, 11) is 0. The Bertz CT molecular complexity index is 201. The minimum atomic E-state index is -0.700. The zero-order valence-corrected chi connectivity index (χ0v) is 9.81. The highest BCUT2D eigenvalue weighted by molar-refractivity contribution is 7.99. The van der Waals surface area contributed by atoms with Crippen LogP contribution in [0.4, 0.5) is 0 Å². The molecule has 15 heavy (non-hydrogen) atoms. The molecule has 3 nitrogen and oxygen atoms in total. The van der Waals surface area contributed by atoms with E-state index in [1.54, 1.807) is 11.8 Å². The normalized spacial score (nSPS) is 9.80. The number of thioether (sulfide) groups is 1. The number of carboxylic acid groups (broad SMARTS) is 1. The summed E-state index contributed by atoms with van der Waals surface area (Å²) in [5, 5.41) is 11.7. The van der Waals surface area contributed by atoms with Gasteiger partial charge in [0.05, 0.1) is 5.75 Å². The van der Waals surface area contributed by atoms with E-state index in [4.69, 9.17) is 11.5 Å².